The molecule has 0 saturated carbocycles. The lowest BCUT2D eigenvalue weighted by atomic mass is 10.2. The number of thioether (sulfide) groups is 1. The van der Waals surface area contributed by atoms with E-state index in [0.29, 0.717) is 0 Å². The summed E-state index contributed by atoms with van der Waals surface area (Å²) in [5, 5.41) is 12.5. The smallest absolute Gasteiger partial charge is 0.196 e. The van der Waals surface area contributed by atoms with Gasteiger partial charge >= 0.3 is 0 Å². The van der Waals surface area contributed by atoms with E-state index in [9.17, 15) is 0 Å². The van der Waals surface area contributed by atoms with E-state index >= 15 is 0 Å². The highest BCUT2D eigenvalue weighted by Gasteiger charge is 2.14. The number of halogens is 1. The summed E-state index contributed by atoms with van der Waals surface area (Å²) in [5.41, 5.74) is 3.05. The van der Waals surface area contributed by atoms with Crippen LogP contribution in [0.5, 0.6) is 5.75 Å². The summed E-state index contributed by atoms with van der Waals surface area (Å²) in [7, 11) is 1.68. The lowest BCUT2D eigenvalue weighted by Crippen LogP contribution is -1.99. The van der Waals surface area contributed by atoms with E-state index in [0.717, 1.165) is 48.9 Å². The summed E-state index contributed by atoms with van der Waals surface area (Å²) in [4.78, 5) is 4.79. The highest BCUT2D eigenvalue weighted by Crippen LogP contribution is 2.35. The Kier molecular flexibility index (Phi) is 5.79. The molecule has 0 aliphatic heterocycles. The van der Waals surface area contributed by atoms with Gasteiger partial charge in [0.15, 0.2) is 5.16 Å². The molecule has 0 spiro atoms. The Labute approximate surface area is 179 Å². The maximum Gasteiger partial charge on any atom is 0.196 e. The first-order valence-corrected chi connectivity index (χ1v) is 11.2. The molecule has 2 aromatic carbocycles. The lowest BCUT2D eigenvalue weighted by Gasteiger charge is -2.07. The monoisotopic (exact) mass is 472 g/mol. The maximum atomic E-state index is 5.48. The molecule has 0 N–H and O–H groups in total. The van der Waals surface area contributed by atoms with Crippen molar-refractivity contribution >= 4 is 39.0 Å². The molecule has 0 bridgehead atoms. The van der Waals surface area contributed by atoms with Crippen LogP contribution in [0.3, 0.4) is 0 Å². The molecular weight excluding hydrogens is 456 g/mol. The number of rotatable bonds is 6. The first kappa shape index (κ1) is 19.2. The summed E-state index contributed by atoms with van der Waals surface area (Å²) in [6.07, 6.45) is 0. The van der Waals surface area contributed by atoms with Crippen LogP contribution in [-0.2, 0) is 5.75 Å². The molecule has 4 aromatic rings. The number of hydrogen-bond donors (Lipinski definition) is 0. The minimum Gasteiger partial charge on any atom is -0.496 e. The Bertz CT molecular complexity index is 1090. The molecule has 0 amide bonds. The predicted molar refractivity (Wildman–Crippen MR) is 117 cm³/mol. The van der Waals surface area contributed by atoms with Gasteiger partial charge in [0, 0.05) is 21.3 Å². The van der Waals surface area contributed by atoms with Gasteiger partial charge < -0.3 is 4.74 Å². The van der Waals surface area contributed by atoms with Crippen molar-refractivity contribution < 1.29 is 4.74 Å². The van der Waals surface area contributed by atoms with Crippen molar-refractivity contribution in [3.05, 3.63) is 69.9 Å². The predicted octanol–water partition coefficient (Wildman–Crippen LogP) is 5.76. The van der Waals surface area contributed by atoms with Crippen LogP contribution in [0.25, 0.3) is 16.3 Å². The Morgan fingerprint density at radius 2 is 1.96 bits per heavy atom. The molecule has 2 aromatic heterocycles. The van der Waals surface area contributed by atoms with E-state index in [1.54, 1.807) is 30.2 Å². The van der Waals surface area contributed by atoms with Crippen LogP contribution in [0.4, 0.5) is 0 Å². The van der Waals surface area contributed by atoms with Crippen molar-refractivity contribution in [2.75, 3.05) is 7.11 Å². The molecular formula is C20H17BrN4OS2. The minimum atomic E-state index is 0.720. The van der Waals surface area contributed by atoms with E-state index in [-0.39, 0.29) is 0 Å². The number of nitrogens with zero attached hydrogens (tertiary/aromatic N) is 4. The van der Waals surface area contributed by atoms with Crippen molar-refractivity contribution in [1.82, 2.24) is 19.7 Å². The summed E-state index contributed by atoms with van der Waals surface area (Å²) in [6.45, 7) is 1.96. The fraction of sp³-hybridized carbons (Fsp3) is 0.150. The van der Waals surface area contributed by atoms with Gasteiger partial charge in [-0.15, -0.1) is 21.5 Å². The van der Waals surface area contributed by atoms with Gasteiger partial charge in [-0.25, -0.2) is 4.98 Å². The molecule has 5 nitrogen and oxygen atoms in total. The standard InChI is InChI=1S/C20H17BrN4OS2/c1-13-23-24-20(25(13)16-6-4-3-5-7-16)28-12-15-11-27-19(22-15)17-10-14(21)8-9-18(17)26-2/h3-11H,12H2,1-2H3. The number of ether oxygens (including phenoxy) is 1. The molecule has 2 heterocycles. The second-order valence-corrected chi connectivity index (χ2v) is 8.69. The number of methoxy groups -OCH3 is 1. The van der Waals surface area contributed by atoms with Gasteiger partial charge in [0.25, 0.3) is 0 Å². The first-order chi connectivity index (χ1) is 13.7. The number of hydrogen-bond acceptors (Lipinski definition) is 6. The number of benzene rings is 2. The topological polar surface area (TPSA) is 52.8 Å². The Hall–Kier alpha value is -2.16. The SMILES string of the molecule is COc1ccc(Br)cc1-c1nc(CSc2nnc(C)n2-c2ccccc2)cs1. The van der Waals surface area contributed by atoms with Gasteiger partial charge in [-0.05, 0) is 37.3 Å². The highest BCUT2D eigenvalue weighted by molar-refractivity contribution is 9.10. The Morgan fingerprint density at radius 1 is 1.14 bits per heavy atom. The third-order valence-electron chi connectivity index (χ3n) is 4.10. The van der Waals surface area contributed by atoms with E-state index in [2.05, 4.69) is 48.2 Å². The third-order valence-corrected chi connectivity index (χ3v) is 6.48. The van der Waals surface area contributed by atoms with E-state index in [1.807, 2.05) is 43.3 Å². The summed E-state index contributed by atoms with van der Waals surface area (Å²) in [5.74, 6) is 2.40. The van der Waals surface area contributed by atoms with Crippen LogP contribution in [0.2, 0.25) is 0 Å². The maximum absolute atomic E-state index is 5.48. The van der Waals surface area contributed by atoms with Crippen LogP contribution in [-0.4, -0.2) is 26.9 Å². The molecule has 0 aliphatic rings. The number of thiazole rings is 1. The first-order valence-electron chi connectivity index (χ1n) is 8.54. The van der Waals surface area contributed by atoms with E-state index in [4.69, 9.17) is 9.72 Å². The van der Waals surface area contributed by atoms with Crippen LogP contribution < -0.4 is 4.74 Å². The molecule has 0 aliphatic carbocycles. The van der Waals surface area contributed by atoms with Gasteiger partial charge in [0.1, 0.15) is 16.6 Å². The fourth-order valence-electron chi connectivity index (χ4n) is 2.79. The molecule has 142 valence electrons. The molecule has 28 heavy (non-hydrogen) atoms. The summed E-state index contributed by atoms with van der Waals surface area (Å²) >= 11 is 6.77. The second kappa shape index (κ2) is 8.46. The average Bonchev–Trinajstić information content (AvgIpc) is 3.33. The van der Waals surface area contributed by atoms with Gasteiger partial charge in [-0.2, -0.15) is 0 Å². The highest BCUT2D eigenvalue weighted by atomic mass is 79.9. The molecule has 0 radical (unpaired) electrons. The summed E-state index contributed by atoms with van der Waals surface area (Å²) in [6, 6.07) is 16.1. The van der Waals surface area contributed by atoms with Crippen molar-refractivity contribution in [3.63, 3.8) is 0 Å². The quantitative estimate of drug-likeness (QED) is 0.333. The number of aryl methyl sites for hydroxylation is 1. The number of aromatic nitrogens is 4. The minimum absolute atomic E-state index is 0.720. The van der Waals surface area contributed by atoms with Crippen molar-refractivity contribution in [3.8, 4) is 22.0 Å². The van der Waals surface area contributed by atoms with Gasteiger partial charge in [-0.3, -0.25) is 4.57 Å². The van der Waals surface area contributed by atoms with Crippen LogP contribution in [0, 0.1) is 6.92 Å². The number of para-hydroxylation sites is 1. The van der Waals surface area contributed by atoms with Crippen molar-refractivity contribution in [2.24, 2.45) is 0 Å². The molecule has 0 atom stereocenters. The second-order valence-electron chi connectivity index (χ2n) is 5.98. The van der Waals surface area contributed by atoms with Crippen LogP contribution in [0.1, 0.15) is 11.5 Å². The molecule has 0 fully saturated rings. The van der Waals surface area contributed by atoms with Gasteiger partial charge in [0.2, 0.25) is 0 Å². The van der Waals surface area contributed by atoms with Crippen molar-refractivity contribution in [2.45, 2.75) is 17.8 Å². The lowest BCUT2D eigenvalue weighted by molar-refractivity contribution is 0.416. The Morgan fingerprint density at radius 3 is 2.75 bits per heavy atom. The normalized spacial score (nSPS) is 11.0. The van der Waals surface area contributed by atoms with E-state index < -0.39 is 0 Å². The molecule has 0 saturated heterocycles. The zero-order valence-electron chi connectivity index (χ0n) is 15.3. The van der Waals surface area contributed by atoms with Crippen molar-refractivity contribution in [1.29, 1.82) is 0 Å². The average molecular weight is 473 g/mol. The fourth-order valence-corrected chi connectivity index (χ4v) is 4.99. The Balaban J connectivity index is 1.55. The molecule has 0 unspecified atom stereocenters. The zero-order chi connectivity index (χ0) is 19.5. The largest absolute Gasteiger partial charge is 0.496 e. The van der Waals surface area contributed by atoms with Gasteiger partial charge in [-0.1, -0.05) is 45.9 Å². The van der Waals surface area contributed by atoms with Gasteiger partial charge in [0.05, 0.1) is 18.4 Å². The summed E-state index contributed by atoms with van der Waals surface area (Å²) < 4.78 is 8.55. The zero-order valence-corrected chi connectivity index (χ0v) is 18.5. The van der Waals surface area contributed by atoms with Crippen LogP contribution >= 0.6 is 39.0 Å². The molecule has 4 rings (SSSR count). The molecule has 8 heteroatoms. The van der Waals surface area contributed by atoms with Crippen LogP contribution in [0.15, 0.2) is 63.5 Å². The van der Waals surface area contributed by atoms with E-state index in [1.165, 1.54) is 0 Å². The third kappa shape index (κ3) is 3.99.